The third-order valence-corrected chi connectivity index (χ3v) is 7.32. The molecule has 0 aliphatic carbocycles. The summed E-state index contributed by atoms with van der Waals surface area (Å²) in [6, 6.07) is 11.6. The van der Waals surface area contributed by atoms with Crippen LogP contribution in [0.2, 0.25) is 0 Å². The predicted octanol–water partition coefficient (Wildman–Crippen LogP) is 2.87. The van der Waals surface area contributed by atoms with Crippen molar-refractivity contribution in [3.05, 3.63) is 64.2 Å². The van der Waals surface area contributed by atoms with Gasteiger partial charge in [0.2, 0.25) is 5.91 Å². The molecule has 0 bridgehead atoms. The van der Waals surface area contributed by atoms with Gasteiger partial charge < -0.3 is 20.2 Å². The number of aliphatic imine (C=N–C) groups is 1. The number of amides is 1. The van der Waals surface area contributed by atoms with E-state index in [2.05, 4.69) is 20.2 Å². The molecule has 2 aromatic carbocycles. The molecule has 10 heteroatoms. The Morgan fingerprint density at radius 2 is 2.00 bits per heavy atom. The topological polar surface area (TPSA) is 122 Å². The van der Waals surface area contributed by atoms with Gasteiger partial charge in [-0.3, -0.25) is 9.69 Å². The first-order valence-electron chi connectivity index (χ1n) is 12.2. The molecular weight excluding hydrogens is 460 g/mol. The maximum absolute atomic E-state index is 13.1. The van der Waals surface area contributed by atoms with Crippen LogP contribution in [0.25, 0.3) is 0 Å². The van der Waals surface area contributed by atoms with Crippen LogP contribution >= 0.6 is 0 Å². The van der Waals surface area contributed by atoms with Crippen molar-refractivity contribution in [3.8, 4) is 0 Å². The van der Waals surface area contributed by atoms with Crippen LogP contribution in [0.15, 0.2) is 51.7 Å². The zero-order valence-corrected chi connectivity index (χ0v) is 20.3. The van der Waals surface area contributed by atoms with Crippen LogP contribution in [0.4, 0.5) is 5.69 Å². The third-order valence-electron chi connectivity index (χ3n) is 7.32. The predicted molar refractivity (Wildman–Crippen MR) is 133 cm³/mol. The molecule has 2 atom stereocenters. The summed E-state index contributed by atoms with van der Waals surface area (Å²) in [5.74, 6) is 4.83. The Morgan fingerprint density at radius 1 is 1.17 bits per heavy atom. The normalized spacial score (nSPS) is 22.5. The summed E-state index contributed by atoms with van der Waals surface area (Å²) in [6.45, 7) is 6.00. The Kier molecular flexibility index (Phi) is 7.06. The Bertz CT molecular complexity index is 1200. The van der Waals surface area contributed by atoms with E-state index in [-0.39, 0.29) is 18.0 Å². The summed E-state index contributed by atoms with van der Waals surface area (Å²) < 4.78 is 11.5. The molecule has 5 rings (SSSR count). The van der Waals surface area contributed by atoms with Crippen molar-refractivity contribution in [1.82, 2.24) is 9.80 Å². The van der Waals surface area contributed by atoms with E-state index in [1.165, 1.54) is 6.34 Å². The van der Waals surface area contributed by atoms with Crippen LogP contribution < -0.4 is 5.84 Å². The van der Waals surface area contributed by atoms with E-state index in [4.69, 9.17) is 15.3 Å². The SMILES string of the molecule is Cc1c(C2CN3CCN(C(=O)Cc4ccc(N=CN=NN)cc4)CCC3CO2)ccc2c1COC2=O. The molecule has 2 saturated heterocycles. The van der Waals surface area contributed by atoms with Gasteiger partial charge in [0.25, 0.3) is 0 Å². The van der Waals surface area contributed by atoms with Crippen LogP contribution in [0.1, 0.15) is 45.1 Å². The van der Waals surface area contributed by atoms with Gasteiger partial charge in [0.15, 0.2) is 0 Å². The number of cyclic esters (lactones) is 1. The first kappa shape index (κ1) is 24.1. The lowest BCUT2D eigenvalue weighted by atomic mass is 9.94. The van der Waals surface area contributed by atoms with Crippen molar-refractivity contribution in [2.24, 2.45) is 21.2 Å². The second-order valence-corrected chi connectivity index (χ2v) is 9.34. The molecule has 36 heavy (non-hydrogen) atoms. The number of morpholine rings is 1. The van der Waals surface area contributed by atoms with E-state index in [1.54, 1.807) is 0 Å². The number of hydrogen-bond donors (Lipinski definition) is 1. The van der Waals surface area contributed by atoms with Gasteiger partial charge in [-0.25, -0.2) is 9.79 Å². The quantitative estimate of drug-likeness (QED) is 0.172. The monoisotopic (exact) mass is 490 g/mol. The highest BCUT2D eigenvalue weighted by Crippen LogP contribution is 2.33. The van der Waals surface area contributed by atoms with Gasteiger partial charge in [0.1, 0.15) is 12.9 Å². The van der Waals surface area contributed by atoms with E-state index >= 15 is 0 Å². The van der Waals surface area contributed by atoms with Crippen molar-refractivity contribution < 1.29 is 19.1 Å². The molecular formula is C26H30N6O4. The molecule has 3 aliphatic heterocycles. The summed E-state index contributed by atoms with van der Waals surface area (Å²) in [7, 11) is 0. The molecule has 1 amide bonds. The molecule has 10 nitrogen and oxygen atoms in total. The third kappa shape index (κ3) is 5.00. The number of benzene rings is 2. The maximum atomic E-state index is 13.1. The molecule has 0 radical (unpaired) electrons. The summed E-state index contributed by atoms with van der Waals surface area (Å²) in [5.41, 5.74) is 5.48. The Balaban J connectivity index is 1.19. The number of esters is 1. The standard InChI is InChI=1S/C26H30N6O4/c1-17-21(6-7-22-23(17)15-36-26(22)34)24-13-32-11-10-31(9-8-20(32)14-35-24)25(33)12-18-2-4-19(5-3-18)28-16-29-30-27/h2-7,16,20,24H,8-15H2,1H3,(H2,27,28,29). The number of nitrogens with zero attached hydrogens (tertiary/aromatic N) is 5. The smallest absolute Gasteiger partial charge is 0.338 e. The van der Waals surface area contributed by atoms with E-state index in [0.29, 0.717) is 37.8 Å². The number of rotatable bonds is 5. The lowest BCUT2D eigenvalue weighted by Gasteiger charge is -2.39. The van der Waals surface area contributed by atoms with Crippen molar-refractivity contribution >= 4 is 23.9 Å². The first-order valence-corrected chi connectivity index (χ1v) is 12.2. The zero-order chi connectivity index (χ0) is 25.1. The van der Waals surface area contributed by atoms with Crippen LogP contribution in [-0.4, -0.2) is 66.8 Å². The van der Waals surface area contributed by atoms with Crippen molar-refractivity contribution in [2.75, 3.05) is 32.8 Å². The summed E-state index contributed by atoms with van der Waals surface area (Å²) >= 11 is 0. The Hall–Kier alpha value is -3.63. The van der Waals surface area contributed by atoms with E-state index in [9.17, 15) is 9.59 Å². The lowest BCUT2D eigenvalue weighted by molar-refractivity contribution is -0.130. The van der Waals surface area contributed by atoms with Crippen molar-refractivity contribution in [3.63, 3.8) is 0 Å². The molecule has 2 N–H and O–H groups in total. The van der Waals surface area contributed by atoms with Gasteiger partial charge in [0, 0.05) is 37.8 Å². The van der Waals surface area contributed by atoms with Crippen LogP contribution in [-0.2, 0) is 27.3 Å². The van der Waals surface area contributed by atoms with Crippen LogP contribution in [0.3, 0.4) is 0 Å². The fourth-order valence-electron chi connectivity index (χ4n) is 5.22. The van der Waals surface area contributed by atoms with Crippen LogP contribution in [0, 0.1) is 6.92 Å². The van der Waals surface area contributed by atoms with Gasteiger partial charge in [-0.1, -0.05) is 23.4 Å². The van der Waals surface area contributed by atoms with Gasteiger partial charge in [-0.05, 0) is 48.2 Å². The number of nitrogens with two attached hydrogens (primary N) is 1. The van der Waals surface area contributed by atoms with Crippen molar-refractivity contribution in [1.29, 1.82) is 0 Å². The Labute approximate surface area is 209 Å². The summed E-state index contributed by atoms with van der Waals surface area (Å²) in [4.78, 5) is 33.5. The molecule has 3 aliphatic rings. The second-order valence-electron chi connectivity index (χ2n) is 9.34. The van der Waals surface area contributed by atoms with E-state index in [1.807, 2.05) is 48.2 Å². The zero-order valence-electron chi connectivity index (χ0n) is 20.3. The summed E-state index contributed by atoms with van der Waals surface area (Å²) in [5, 5.41) is 6.63. The minimum atomic E-state index is -0.249. The minimum absolute atomic E-state index is 0.0583. The number of carbonyl (C=O) groups excluding carboxylic acids is 2. The van der Waals surface area contributed by atoms with Gasteiger partial charge in [-0.2, -0.15) is 0 Å². The van der Waals surface area contributed by atoms with Gasteiger partial charge >= 0.3 is 5.97 Å². The fraction of sp³-hybridized carbons (Fsp3) is 0.423. The second kappa shape index (κ2) is 10.5. The number of carbonyl (C=O) groups is 2. The van der Waals surface area contributed by atoms with Crippen molar-refractivity contribution in [2.45, 2.75) is 38.5 Å². The Morgan fingerprint density at radius 3 is 2.81 bits per heavy atom. The van der Waals surface area contributed by atoms with E-state index < -0.39 is 0 Å². The number of ether oxygens (including phenoxy) is 2. The maximum Gasteiger partial charge on any atom is 0.338 e. The molecule has 0 saturated carbocycles. The average molecular weight is 491 g/mol. The highest BCUT2D eigenvalue weighted by molar-refractivity contribution is 5.94. The molecule has 2 fully saturated rings. The minimum Gasteiger partial charge on any atom is -0.457 e. The van der Waals surface area contributed by atoms with Gasteiger partial charge in [0.05, 0.1) is 30.4 Å². The summed E-state index contributed by atoms with van der Waals surface area (Å²) in [6.07, 6.45) is 2.46. The molecule has 0 spiro atoms. The first-order chi connectivity index (χ1) is 17.5. The highest BCUT2D eigenvalue weighted by Gasteiger charge is 2.34. The molecule has 188 valence electrons. The molecule has 2 unspecified atom stereocenters. The molecule has 2 aromatic rings. The number of fused-ring (bicyclic) bond motifs is 2. The lowest BCUT2D eigenvalue weighted by Crippen LogP contribution is -2.47. The fourth-order valence-corrected chi connectivity index (χ4v) is 5.22. The largest absolute Gasteiger partial charge is 0.457 e. The number of hydrogen-bond acceptors (Lipinski definition) is 7. The average Bonchev–Trinajstić information content (AvgIpc) is 3.14. The molecule has 0 aromatic heterocycles. The highest BCUT2D eigenvalue weighted by atomic mass is 16.5. The van der Waals surface area contributed by atoms with Gasteiger partial charge in [-0.15, -0.1) is 5.11 Å². The van der Waals surface area contributed by atoms with E-state index in [0.717, 1.165) is 54.0 Å². The molecule has 3 heterocycles. The van der Waals surface area contributed by atoms with Crippen LogP contribution in [0.5, 0.6) is 0 Å².